The maximum atomic E-state index is 13.4. The predicted molar refractivity (Wildman–Crippen MR) is 83.6 cm³/mol. The maximum Gasteiger partial charge on any atom is 0.254 e. The summed E-state index contributed by atoms with van der Waals surface area (Å²) in [6.07, 6.45) is 0.840. The second-order valence-electron chi connectivity index (χ2n) is 5.32. The summed E-state index contributed by atoms with van der Waals surface area (Å²) in [7, 11) is 0. The molecular formula is C16H22FN3O3. The van der Waals surface area contributed by atoms with E-state index in [9.17, 15) is 14.0 Å². The molecule has 0 radical (unpaired) electrons. The quantitative estimate of drug-likeness (QED) is 0.713. The van der Waals surface area contributed by atoms with Crippen molar-refractivity contribution in [2.24, 2.45) is 0 Å². The van der Waals surface area contributed by atoms with Crippen molar-refractivity contribution in [3.05, 3.63) is 35.6 Å². The van der Waals surface area contributed by atoms with Gasteiger partial charge < -0.3 is 15.4 Å². The fraction of sp³-hybridized carbons (Fsp3) is 0.500. The van der Waals surface area contributed by atoms with Crippen molar-refractivity contribution >= 4 is 11.8 Å². The summed E-state index contributed by atoms with van der Waals surface area (Å²) in [5.41, 5.74) is -0.0624. The van der Waals surface area contributed by atoms with Crippen molar-refractivity contribution in [3.8, 4) is 0 Å². The molecule has 2 rings (SSSR count). The number of ether oxygens (including phenoxy) is 1. The molecule has 0 aliphatic carbocycles. The minimum atomic E-state index is -0.601. The van der Waals surface area contributed by atoms with Gasteiger partial charge >= 0.3 is 0 Å². The van der Waals surface area contributed by atoms with Crippen LogP contribution in [0.2, 0.25) is 0 Å². The second-order valence-corrected chi connectivity index (χ2v) is 5.32. The molecule has 1 aromatic rings. The average Bonchev–Trinajstić information content (AvgIpc) is 2.58. The largest absolute Gasteiger partial charge is 0.379 e. The molecule has 1 heterocycles. The monoisotopic (exact) mass is 323 g/mol. The number of nitrogens with one attached hydrogen (secondary N) is 2. The number of amides is 2. The van der Waals surface area contributed by atoms with E-state index in [0.717, 1.165) is 39.3 Å². The van der Waals surface area contributed by atoms with Gasteiger partial charge in [-0.15, -0.1) is 0 Å². The minimum absolute atomic E-state index is 0.0624. The number of benzene rings is 1. The van der Waals surface area contributed by atoms with Crippen molar-refractivity contribution in [3.63, 3.8) is 0 Å². The van der Waals surface area contributed by atoms with Crippen LogP contribution in [-0.2, 0) is 9.53 Å². The lowest BCUT2D eigenvalue weighted by Gasteiger charge is -2.26. The second kappa shape index (κ2) is 9.22. The highest BCUT2D eigenvalue weighted by molar-refractivity contribution is 5.96. The fourth-order valence-corrected chi connectivity index (χ4v) is 2.32. The van der Waals surface area contributed by atoms with Gasteiger partial charge in [0.1, 0.15) is 5.82 Å². The van der Waals surface area contributed by atoms with Gasteiger partial charge in [-0.1, -0.05) is 12.1 Å². The van der Waals surface area contributed by atoms with E-state index in [1.165, 1.54) is 18.2 Å². The number of hydrogen-bond donors (Lipinski definition) is 2. The third-order valence-electron chi connectivity index (χ3n) is 3.60. The first-order valence-corrected chi connectivity index (χ1v) is 7.76. The molecule has 23 heavy (non-hydrogen) atoms. The summed E-state index contributed by atoms with van der Waals surface area (Å²) in [6.45, 7) is 4.66. The summed E-state index contributed by atoms with van der Waals surface area (Å²) < 4.78 is 18.7. The van der Waals surface area contributed by atoms with Gasteiger partial charge in [0, 0.05) is 19.6 Å². The summed E-state index contributed by atoms with van der Waals surface area (Å²) in [5.74, 6) is -1.47. The minimum Gasteiger partial charge on any atom is -0.379 e. The van der Waals surface area contributed by atoms with E-state index in [-0.39, 0.29) is 18.0 Å². The third-order valence-corrected chi connectivity index (χ3v) is 3.60. The summed E-state index contributed by atoms with van der Waals surface area (Å²) in [4.78, 5) is 25.7. The fourth-order valence-electron chi connectivity index (χ4n) is 2.32. The molecule has 2 N–H and O–H groups in total. The van der Waals surface area contributed by atoms with Crippen LogP contribution in [0.15, 0.2) is 24.3 Å². The zero-order chi connectivity index (χ0) is 16.5. The zero-order valence-corrected chi connectivity index (χ0v) is 13.0. The highest BCUT2D eigenvalue weighted by atomic mass is 19.1. The predicted octanol–water partition coefficient (Wildman–Crippen LogP) is 0.394. The van der Waals surface area contributed by atoms with Crippen LogP contribution >= 0.6 is 0 Å². The van der Waals surface area contributed by atoms with Gasteiger partial charge in [0.15, 0.2) is 0 Å². The topological polar surface area (TPSA) is 70.7 Å². The molecule has 2 amide bonds. The average molecular weight is 323 g/mol. The lowest BCUT2D eigenvalue weighted by Crippen LogP contribution is -2.40. The van der Waals surface area contributed by atoms with Gasteiger partial charge in [-0.05, 0) is 25.1 Å². The van der Waals surface area contributed by atoms with Crippen molar-refractivity contribution < 1.29 is 18.7 Å². The summed E-state index contributed by atoms with van der Waals surface area (Å²) in [6, 6.07) is 5.67. The normalized spacial score (nSPS) is 15.2. The third kappa shape index (κ3) is 5.96. The SMILES string of the molecule is O=C(CNC(=O)c1ccccc1F)NCCCN1CCOCC1. The first kappa shape index (κ1) is 17.4. The van der Waals surface area contributed by atoms with Crippen LogP contribution in [0.25, 0.3) is 0 Å². The highest BCUT2D eigenvalue weighted by Crippen LogP contribution is 2.05. The Bertz CT molecular complexity index is 533. The van der Waals surface area contributed by atoms with Gasteiger partial charge in [-0.2, -0.15) is 0 Å². The lowest BCUT2D eigenvalue weighted by atomic mass is 10.2. The molecule has 0 unspecified atom stereocenters. The maximum absolute atomic E-state index is 13.4. The molecule has 7 heteroatoms. The number of carbonyl (C=O) groups is 2. The van der Waals surface area contributed by atoms with E-state index in [0.29, 0.717) is 6.54 Å². The van der Waals surface area contributed by atoms with Crippen LogP contribution in [0.3, 0.4) is 0 Å². The Morgan fingerprint density at radius 3 is 2.65 bits per heavy atom. The smallest absolute Gasteiger partial charge is 0.254 e. The molecule has 0 saturated carbocycles. The first-order chi connectivity index (χ1) is 11.2. The lowest BCUT2D eigenvalue weighted by molar-refractivity contribution is -0.120. The Kier molecular flexibility index (Phi) is 6.96. The number of hydrogen-bond acceptors (Lipinski definition) is 4. The Morgan fingerprint density at radius 2 is 1.91 bits per heavy atom. The number of rotatable bonds is 7. The van der Waals surface area contributed by atoms with Gasteiger partial charge in [0.2, 0.25) is 5.91 Å². The van der Waals surface area contributed by atoms with Gasteiger partial charge in [-0.3, -0.25) is 14.5 Å². The highest BCUT2D eigenvalue weighted by Gasteiger charge is 2.12. The van der Waals surface area contributed by atoms with E-state index in [4.69, 9.17) is 4.74 Å². The van der Waals surface area contributed by atoms with E-state index in [1.807, 2.05) is 0 Å². The molecule has 126 valence electrons. The number of nitrogens with zero attached hydrogens (tertiary/aromatic N) is 1. The van der Waals surface area contributed by atoms with Crippen LogP contribution in [0.1, 0.15) is 16.8 Å². The van der Waals surface area contributed by atoms with Crippen LogP contribution in [0, 0.1) is 5.82 Å². The number of carbonyl (C=O) groups excluding carboxylic acids is 2. The van der Waals surface area contributed by atoms with Crippen molar-refractivity contribution in [1.82, 2.24) is 15.5 Å². The molecule has 1 aliphatic rings. The molecule has 6 nitrogen and oxygen atoms in total. The Morgan fingerprint density at radius 1 is 1.17 bits per heavy atom. The Balaban J connectivity index is 1.59. The first-order valence-electron chi connectivity index (χ1n) is 7.76. The van der Waals surface area contributed by atoms with E-state index >= 15 is 0 Å². The molecular weight excluding hydrogens is 301 g/mol. The number of morpholine rings is 1. The molecule has 0 atom stereocenters. The van der Waals surface area contributed by atoms with Crippen LogP contribution in [-0.4, -0.2) is 62.7 Å². The molecule has 0 spiro atoms. The van der Waals surface area contributed by atoms with Crippen LogP contribution in [0.4, 0.5) is 4.39 Å². The van der Waals surface area contributed by atoms with Crippen LogP contribution in [0.5, 0.6) is 0 Å². The van der Waals surface area contributed by atoms with Gasteiger partial charge in [0.25, 0.3) is 5.91 Å². The van der Waals surface area contributed by atoms with Gasteiger partial charge in [0.05, 0.1) is 25.3 Å². The standard InChI is InChI=1S/C16H22FN3O3/c17-14-5-2-1-4-13(14)16(22)19-12-15(21)18-6-3-7-20-8-10-23-11-9-20/h1-2,4-5H,3,6-12H2,(H,18,21)(H,19,22). The summed E-state index contributed by atoms with van der Waals surface area (Å²) >= 11 is 0. The summed E-state index contributed by atoms with van der Waals surface area (Å²) in [5, 5.41) is 5.15. The van der Waals surface area contributed by atoms with E-state index in [2.05, 4.69) is 15.5 Å². The molecule has 1 saturated heterocycles. The molecule has 1 aliphatic heterocycles. The van der Waals surface area contributed by atoms with Crippen molar-refractivity contribution in [2.75, 3.05) is 45.9 Å². The van der Waals surface area contributed by atoms with Crippen LogP contribution < -0.4 is 10.6 Å². The molecule has 0 bridgehead atoms. The zero-order valence-electron chi connectivity index (χ0n) is 13.0. The Labute approximate surface area is 135 Å². The molecule has 1 aromatic carbocycles. The molecule has 1 fully saturated rings. The number of halogens is 1. The molecule has 0 aromatic heterocycles. The van der Waals surface area contributed by atoms with E-state index in [1.54, 1.807) is 6.07 Å². The van der Waals surface area contributed by atoms with Gasteiger partial charge in [-0.25, -0.2) is 4.39 Å². The van der Waals surface area contributed by atoms with Crippen molar-refractivity contribution in [1.29, 1.82) is 0 Å². The Hall–Kier alpha value is -1.99. The van der Waals surface area contributed by atoms with E-state index < -0.39 is 11.7 Å². The van der Waals surface area contributed by atoms with Crippen molar-refractivity contribution in [2.45, 2.75) is 6.42 Å².